The Bertz CT molecular complexity index is 1190. The van der Waals surface area contributed by atoms with Gasteiger partial charge in [0.15, 0.2) is 0 Å². The molecule has 6 rings (SSSR count). The summed E-state index contributed by atoms with van der Waals surface area (Å²) in [4.78, 5) is 19.2. The molecule has 7 nitrogen and oxygen atoms in total. The van der Waals surface area contributed by atoms with E-state index in [0.29, 0.717) is 17.7 Å². The van der Waals surface area contributed by atoms with Gasteiger partial charge in [-0.05, 0) is 69.7 Å². The number of benzene rings is 1. The Labute approximate surface area is 218 Å². The number of imidazole rings is 1. The van der Waals surface area contributed by atoms with Crippen LogP contribution in [0.5, 0.6) is 0 Å². The maximum absolute atomic E-state index is 6.33. The Morgan fingerprint density at radius 3 is 2.44 bits per heavy atom. The van der Waals surface area contributed by atoms with Crippen molar-refractivity contribution in [1.29, 1.82) is 0 Å². The van der Waals surface area contributed by atoms with Crippen LogP contribution in [0.1, 0.15) is 68.2 Å². The predicted molar refractivity (Wildman–Crippen MR) is 146 cm³/mol. The highest BCUT2D eigenvalue weighted by Crippen LogP contribution is 2.43. The first-order valence-electron chi connectivity index (χ1n) is 13.6. The molecule has 0 atom stereocenters. The Hall–Kier alpha value is -2.64. The van der Waals surface area contributed by atoms with E-state index < -0.39 is 0 Å². The van der Waals surface area contributed by atoms with Crippen LogP contribution in [0.3, 0.4) is 0 Å². The molecule has 0 amide bonds. The van der Waals surface area contributed by atoms with Gasteiger partial charge in [0.05, 0.1) is 5.69 Å². The Morgan fingerprint density at radius 1 is 0.917 bits per heavy atom. The summed E-state index contributed by atoms with van der Waals surface area (Å²) in [6, 6.07) is 8.05. The number of halogens is 1. The SMILES string of the molecule is Nc1ncnc(N2CCC(c3nc(-c4cccc(Cl)c4)cn3CCN3CCCC3)CC2)c1C1CCC1. The van der Waals surface area contributed by atoms with Gasteiger partial charge in [-0.15, -0.1) is 0 Å². The number of aromatic nitrogens is 4. The molecule has 0 spiro atoms. The van der Waals surface area contributed by atoms with E-state index in [9.17, 15) is 0 Å². The van der Waals surface area contributed by atoms with Crippen molar-refractivity contribution >= 4 is 23.2 Å². The molecule has 3 aromatic rings. The van der Waals surface area contributed by atoms with Gasteiger partial charge in [0.2, 0.25) is 0 Å². The van der Waals surface area contributed by atoms with Crippen molar-refractivity contribution < 1.29 is 0 Å². The van der Waals surface area contributed by atoms with Crippen molar-refractivity contribution in [3.05, 3.63) is 53.2 Å². The summed E-state index contributed by atoms with van der Waals surface area (Å²) >= 11 is 6.31. The first kappa shape index (κ1) is 23.7. The average Bonchev–Trinajstić information content (AvgIpc) is 3.53. The highest BCUT2D eigenvalue weighted by molar-refractivity contribution is 6.30. The van der Waals surface area contributed by atoms with Gasteiger partial charge in [-0.1, -0.05) is 30.2 Å². The molecule has 190 valence electrons. The van der Waals surface area contributed by atoms with Gasteiger partial charge in [0, 0.05) is 54.4 Å². The van der Waals surface area contributed by atoms with Gasteiger partial charge in [-0.3, -0.25) is 0 Å². The second-order valence-corrected chi connectivity index (χ2v) is 11.1. The van der Waals surface area contributed by atoms with Crippen molar-refractivity contribution in [2.24, 2.45) is 0 Å². The topological polar surface area (TPSA) is 76.1 Å². The molecule has 2 aliphatic heterocycles. The van der Waals surface area contributed by atoms with Gasteiger partial charge >= 0.3 is 0 Å². The van der Waals surface area contributed by atoms with Crippen molar-refractivity contribution in [3.8, 4) is 11.3 Å². The predicted octanol–water partition coefficient (Wildman–Crippen LogP) is 5.32. The highest BCUT2D eigenvalue weighted by Gasteiger charge is 2.31. The van der Waals surface area contributed by atoms with E-state index in [1.54, 1.807) is 6.33 Å². The highest BCUT2D eigenvalue weighted by atomic mass is 35.5. The molecule has 0 unspecified atom stereocenters. The van der Waals surface area contributed by atoms with E-state index >= 15 is 0 Å². The van der Waals surface area contributed by atoms with Gasteiger partial charge < -0.3 is 20.1 Å². The first-order chi connectivity index (χ1) is 17.7. The molecule has 2 N–H and O–H groups in total. The van der Waals surface area contributed by atoms with Crippen LogP contribution in [0.15, 0.2) is 36.8 Å². The van der Waals surface area contributed by atoms with Crippen LogP contribution in [-0.4, -0.2) is 57.1 Å². The van der Waals surface area contributed by atoms with Crippen LogP contribution in [0.25, 0.3) is 11.3 Å². The van der Waals surface area contributed by atoms with Crippen LogP contribution in [-0.2, 0) is 6.54 Å². The van der Waals surface area contributed by atoms with E-state index in [1.807, 2.05) is 18.2 Å². The number of nitrogens with two attached hydrogens (primary N) is 1. The molecule has 8 heteroatoms. The number of rotatable bonds is 7. The third-order valence-corrected chi connectivity index (χ3v) is 8.59. The molecule has 2 saturated heterocycles. The van der Waals surface area contributed by atoms with E-state index in [-0.39, 0.29) is 0 Å². The molecule has 36 heavy (non-hydrogen) atoms. The standard InChI is InChI=1S/C28H36ClN7/c29-23-8-4-7-22(17-23)24-18-36(16-15-34-11-1-2-12-34)27(33-24)21-9-13-35(14-10-21)28-25(20-5-3-6-20)26(30)31-19-32-28/h4,7-8,17-21H,1-3,5-6,9-16H2,(H2,30,31,32). The second-order valence-electron chi connectivity index (χ2n) is 10.6. The summed E-state index contributed by atoms with van der Waals surface area (Å²) in [6.45, 7) is 6.43. The number of hydrogen-bond acceptors (Lipinski definition) is 6. The summed E-state index contributed by atoms with van der Waals surface area (Å²) in [6.07, 6.45) is 12.3. The lowest BCUT2D eigenvalue weighted by Crippen LogP contribution is -2.36. The minimum Gasteiger partial charge on any atom is -0.383 e. The van der Waals surface area contributed by atoms with Crippen molar-refractivity contribution in [1.82, 2.24) is 24.4 Å². The van der Waals surface area contributed by atoms with Crippen LogP contribution >= 0.6 is 11.6 Å². The fourth-order valence-electron chi connectivity index (χ4n) is 6.07. The maximum atomic E-state index is 6.33. The summed E-state index contributed by atoms with van der Waals surface area (Å²) in [5, 5.41) is 0.750. The molecule has 3 aliphatic rings. The molecule has 2 aromatic heterocycles. The average molecular weight is 506 g/mol. The Balaban J connectivity index is 1.22. The van der Waals surface area contributed by atoms with Crippen molar-refractivity contribution in [2.75, 3.05) is 43.4 Å². The van der Waals surface area contributed by atoms with Crippen LogP contribution in [0.2, 0.25) is 5.02 Å². The number of anilines is 2. The van der Waals surface area contributed by atoms with Gasteiger partial charge in [0.1, 0.15) is 23.8 Å². The van der Waals surface area contributed by atoms with Crippen LogP contribution < -0.4 is 10.6 Å². The van der Waals surface area contributed by atoms with E-state index in [1.165, 1.54) is 56.6 Å². The number of hydrogen-bond donors (Lipinski definition) is 1. The minimum atomic E-state index is 0.430. The van der Waals surface area contributed by atoms with E-state index in [4.69, 9.17) is 27.3 Å². The lowest BCUT2D eigenvalue weighted by Gasteiger charge is -2.36. The largest absolute Gasteiger partial charge is 0.383 e. The zero-order valence-electron chi connectivity index (χ0n) is 20.9. The normalized spacial score (nSPS) is 19.6. The monoisotopic (exact) mass is 505 g/mol. The van der Waals surface area contributed by atoms with Gasteiger partial charge in [-0.25, -0.2) is 15.0 Å². The van der Waals surface area contributed by atoms with Crippen LogP contribution in [0, 0.1) is 0 Å². The minimum absolute atomic E-state index is 0.430. The molecule has 1 aromatic carbocycles. The van der Waals surface area contributed by atoms with Gasteiger partial charge in [-0.2, -0.15) is 0 Å². The number of piperidine rings is 1. The quantitative estimate of drug-likeness (QED) is 0.468. The molecular formula is C28H36ClN7. The third-order valence-electron chi connectivity index (χ3n) is 8.35. The molecule has 1 aliphatic carbocycles. The smallest absolute Gasteiger partial charge is 0.137 e. The molecule has 3 fully saturated rings. The van der Waals surface area contributed by atoms with Crippen molar-refractivity contribution in [3.63, 3.8) is 0 Å². The fourth-order valence-corrected chi connectivity index (χ4v) is 6.26. The third kappa shape index (κ3) is 4.83. The fraction of sp³-hybridized carbons (Fsp3) is 0.536. The molecule has 0 bridgehead atoms. The van der Waals surface area contributed by atoms with Gasteiger partial charge in [0.25, 0.3) is 0 Å². The summed E-state index contributed by atoms with van der Waals surface area (Å²) in [5.74, 6) is 3.88. The first-order valence-corrected chi connectivity index (χ1v) is 13.9. The van der Waals surface area contributed by atoms with Crippen molar-refractivity contribution in [2.45, 2.75) is 63.3 Å². The number of nitrogens with zero attached hydrogens (tertiary/aromatic N) is 6. The summed E-state index contributed by atoms with van der Waals surface area (Å²) in [7, 11) is 0. The number of nitrogen functional groups attached to an aromatic ring is 1. The maximum Gasteiger partial charge on any atom is 0.137 e. The molecule has 0 radical (unpaired) electrons. The summed E-state index contributed by atoms with van der Waals surface area (Å²) in [5.41, 5.74) is 9.61. The van der Waals surface area contributed by atoms with E-state index in [0.717, 1.165) is 61.1 Å². The Kier molecular flexibility index (Phi) is 6.85. The molecule has 4 heterocycles. The Morgan fingerprint density at radius 2 is 1.72 bits per heavy atom. The van der Waals surface area contributed by atoms with E-state index in [2.05, 4.69) is 31.6 Å². The summed E-state index contributed by atoms with van der Waals surface area (Å²) < 4.78 is 2.41. The zero-order valence-corrected chi connectivity index (χ0v) is 21.7. The lowest BCUT2D eigenvalue weighted by atomic mass is 9.80. The lowest BCUT2D eigenvalue weighted by molar-refractivity contribution is 0.317. The van der Waals surface area contributed by atoms with Crippen LogP contribution in [0.4, 0.5) is 11.6 Å². The zero-order chi connectivity index (χ0) is 24.5. The second kappa shape index (κ2) is 10.4. The molecular weight excluding hydrogens is 470 g/mol. The molecule has 1 saturated carbocycles. The number of likely N-dealkylation sites (tertiary alicyclic amines) is 1.